The zero-order chi connectivity index (χ0) is 18.5. The molecule has 0 spiro atoms. The van der Waals surface area contributed by atoms with Crippen LogP contribution < -0.4 is 5.32 Å². The molecule has 0 atom stereocenters. The van der Waals surface area contributed by atoms with Crippen LogP contribution >= 0.6 is 0 Å². The summed E-state index contributed by atoms with van der Waals surface area (Å²) in [7, 11) is 1.73. The number of hydrogen-bond acceptors (Lipinski definition) is 5. The molecule has 3 rings (SSSR count). The van der Waals surface area contributed by atoms with Crippen molar-refractivity contribution in [2.24, 2.45) is 0 Å². The Balaban J connectivity index is 1.70. The van der Waals surface area contributed by atoms with Crippen molar-refractivity contribution in [1.29, 1.82) is 0 Å². The van der Waals surface area contributed by atoms with Crippen LogP contribution in [0.4, 0.5) is 5.69 Å². The third kappa shape index (κ3) is 4.13. The predicted octanol–water partition coefficient (Wildman–Crippen LogP) is 2.97. The fourth-order valence-corrected chi connectivity index (χ4v) is 2.35. The van der Waals surface area contributed by atoms with Gasteiger partial charge in [0.05, 0.1) is 0 Å². The van der Waals surface area contributed by atoms with Gasteiger partial charge in [0, 0.05) is 50.2 Å². The lowest BCUT2D eigenvalue weighted by molar-refractivity contribution is -0.128. The molecule has 0 fully saturated rings. The van der Waals surface area contributed by atoms with Crippen molar-refractivity contribution in [3.8, 4) is 11.3 Å². The molecule has 0 saturated heterocycles. The van der Waals surface area contributed by atoms with Crippen LogP contribution in [-0.4, -0.2) is 33.9 Å². The molecule has 1 aromatic carbocycles. The van der Waals surface area contributed by atoms with Crippen molar-refractivity contribution in [1.82, 2.24) is 15.0 Å². The highest BCUT2D eigenvalue weighted by Crippen LogP contribution is 2.20. The standard InChI is InChI=1S/C19H18N4O3/c1-13(24)23(2)12-14-5-3-7-16(9-14)21-19(25)17-10-18(26-22-17)15-6-4-8-20-11-15/h3-11H,12H2,1-2H3,(H,21,25). The maximum Gasteiger partial charge on any atom is 0.277 e. The molecule has 132 valence electrons. The van der Waals surface area contributed by atoms with Crippen LogP contribution in [0.25, 0.3) is 11.3 Å². The fourth-order valence-electron chi connectivity index (χ4n) is 2.35. The Bertz CT molecular complexity index is 921. The van der Waals surface area contributed by atoms with Crippen LogP contribution in [0, 0.1) is 0 Å². The molecule has 0 aliphatic rings. The first kappa shape index (κ1) is 17.3. The summed E-state index contributed by atoms with van der Waals surface area (Å²) in [5.74, 6) is 0.0750. The zero-order valence-electron chi connectivity index (χ0n) is 14.5. The molecule has 0 saturated carbocycles. The molecule has 1 N–H and O–H groups in total. The molecule has 7 heteroatoms. The van der Waals surface area contributed by atoms with Crippen molar-refractivity contribution >= 4 is 17.5 Å². The smallest absolute Gasteiger partial charge is 0.277 e. The number of nitrogens with one attached hydrogen (secondary N) is 1. The minimum absolute atomic E-state index is 0.0232. The number of nitrogens with zero attached hydrogens (tertiary/aromatic N) is 3. The maximum atomic E-state index is 12.4. The first-order valence-electron chi connectivity index (χ1n) is 8.02. The van der Waals surface area contributed by atoms with Crippen LogP contribution in [0.15, 0.2) is 59.4 Å². The molecule has 7 nitrogen and oxygen atoms in total. The second-order valence-corrected chi connectivity index (χ2v) is 5.85. The largest absolute Gasteiger partial charge is 0.355 e. The number of amides is 2. The molecule has 2 amide bonds. The van der Waals surface area contributed by atoms with Gasteiger partial charge in [-0.2, -0.15) is 0 Å². The molecule has 0 radical (unpaired) electrons. The van der Waals surface area contributed by atoms with E-state index in [1.807, 2.05) is 24.3 Å². The van der Waals surface area contributed by atoms with Crippen LogP contribution in [0.2, 0.25) is 0 Å². The minimum atomic E-state index is -0.374. The first-order chi connectivity index (χ1) is 12.5. The van der Waals surface area contributed by atoms with E-state index >= 15 is 0 Å². The second-order valence-electron chi connectivity index (χ2n) is 5.85. The van der Waals surface area contributed by atoms with Gasteiger partial charge in [-0.25, -0.2) is 0 Å². The van der Waals surface area contributed by atoms with E-state index in [9.17, 15) is 9.59 Å². The SMILES string of the molecule is CC(=O)N(C)Cc1cccc(NC(=O)c2cc(-c3cccnc3)on2)c1. The maximum absolute atomic E-state index is 12.4. The number of anilines is 1. The van der Waals surface area contributed by atoms with Crippen molar-refractivity contribution in [3.63, 3.8) is 0 Å². The van der Waals surface area contributed by atoms with E-state index < -0.39 is 0 Å². The molecule has 0 unspecified atom stereocenters. The van der Waals surface area contributed by atoms with E-state index in [-0.39, 0.29) is 17.5 Å². The van der Waals surface area contributed by atoms with E-state index in [0.29, 0.717) is 18.0 Å². The Morgan fingerprint density at radius 3 is 2.77 bits per heavy atom. The third-order valence-corrected chi connectivity index (χ3v) is 3.83. The topological polar surface area (TPSA) is 88.3 Å². The lowest BCUT2D eigenvalue weighted by Gasteiger charge is -2.15. The number of benzene rings is 1. The van der Waals surface area contributed by atoms with Gasteiger partial charge in [-0.1, -0.05) is 17.3 Å². The molecule has 2 aromatic heterocycles. The number of pyridine rings is 1. The van der Waals surface area contributed by atoms with E-state index in [2.05, 4.69) is 15.5 Å². The summed E-state index contributed by atoms with van der Waals surface area (Å²) in [6.45, 7) is 1.98. The Morgan fingerprint density at radius 2 is 2.04 bits per heavy atom. The molecule has 3 aromatic rings. The summed E-state index contributed by atoms with van der Waals surface area (Å²) in [4.78, 5) is 29.3. The molecule has 0 aliphatic heterocycles. The Labute approximate surface area is 150 Å². The number of hydrogen-bond donors (Lipinski definition) is 1. The van der Waals surface area contributed by atoms with E-state index in [1.54, 1.807) is 42.5 Å². The van der Waals surface area contributed by atoms with Crippen LogP contribution in [0.3, 0.4) is 0 Å². The third-order valence-electron chi connectivity index (χ3n) is 3.83. The number of carbonyl (C=O) groups is 2. The quantitative estimate of drug-likeness (QED) is 0.764. The minimum Gasteiger partial charge on any atom is -0.355 e. The number of carbonyl (C=O) groups excluding carboxylic acids is 2. The van der Waals surface area contributed by atoms with Gasteiger partial charge in [-0.3, -0.25) is 14.6 Å². The van der Waals surface area contributed by atoms with E-state index in [1.165, 1.54) is 6.92 Å². The van der Waals surface area contributed by atoms with E-state index in [0.717, 1.165) is 11.1 Å². The average Bonchev–Trinajstić information content (AvgIpc) is 3.13. The van der Waals surface area contributed by atoms with Gasteiger partial charge in [-0.05, 0) is 29.8 Å². The van der Waals surface area contributed by atoms with Crippen LogP contribution in [0.1, 0.15) is 23.0 Å². The van der Waals surface area contributed by atoms with Gasteiger partial charge in [0.15, 0.2) is 11.5 Å². The van der Waals surface area contributed by atoms with E-state index in [4.69, 9.17) is 4.52 Å². The monoisotopic (exact) mass is 350 g/mol. The second kappa shape index (κ2) is 7.60. The Hall–Kier alpha value is -3.48. The lowest BCUT2D eigenvalue weighted by atomic mass is 10.2. The lowest BCUT2D eigenvalue weighted by Crippen LogP contribution is -2.23. The molecule has 0 aliphatic carbocycles. The van der Waals surface area contributed by atoms with Gasteiger partial charge in [0.1, 0.15) is 0 Å². The fraction of sp³-hybridized carbons (Fsp3) is 0.158. The van der Waals surface area contributed by atoms with Crippen molar-refractivity contribution in [2.75, 3.05) is 12.4 Å². The average molecular weight is 350 g/mol. The first-order valence-corrected chi connectivity index (χ1v) is 8.02. The predicted molar refractivity (Wildman–Crippen MR) is 96.3 cm³/mol. The Morgan fingerprint density at radius 1 is 1.19 bits per heavy atom. The highest BCUT2D eigenvalue weighted by Gasteiger charge is 2.14. The molecule has 2 heterocycles. The van der Waals surface area contributed by atoms with Crippen molar-refractivity contribution < 1.29 is 14.1 Å². The highest BCUT2D eigenvalue weighted by atomic mass is 16.5. The number of aromatic nitrogens is 2. The Kier molecular flexibility index (Phi) is 5.07. The van der Waals surface area contributed by atoms with Crippen LogP contribution in [-0.2, 0) is 11.3 Å². The van der Waals surface area contributed by atoms with Gasteiger partial charge < -0.3 is 14.7 Å². The summed E-state index contributed by atoms with van der Waals surface area (Å²) in [6, 6.07) is 12.5. The highest BCUT2D eigenvalue weighted by molar-refractivity contribution is 6.03. The molecular formula is C19H18N4O3. The van der Waals surface area contributed by atoms with Crippen molar-refractivity contribution in [2.45, 2.75) is 13.5 Å². The molecule has 26 heavy (non-hydrogen) atoms. The van der Waals surface area contributed by atoms with Crippen LogP contribution in [0.5, 0.6) is 0 Å². The summed E-state index contributed by atoms with van der Waals surface area (Å²) in [5.41, 5.74) is 2.45. The van der Waals surface area contributed by atoms with Gasteiger partial charge in [0.25, 0.3) is 5.91 Å². The molecule has 0 bridgehead atoms. The summed E-state index contributed by atoms with van der Waals surface area (Å²) in [6.07, 6.45) is 3.29. The van der Waals surface area contributed by atoms with Crippen molar-refractivity contribution in [3.05, 3.63) is 66.1 Å². The summed E-state index contributed by atoms with van der Waals surface area (Å²) >= 11 is 0. The zero-order valence-corrected chi connectivity index (χ0v) is 14.5. The number of rotatable bonds is 5. The van der Waals surface area contributed by atoms with Gasteiger partial charge >= 0.3 is 0 Å². The summed E-state index contributed by atoms with van der Waals surface area (Å²) in [5, 5.41) is 6.60. The van der Waals surface area contributed by atoms with Gasteiger partial charge in [-0.15, -0.1) is 0 Å². The van der Waals surface area contributed by atoms with Gasteiger partial charge in [0.2, 0.25) is 5.91 Å². The normalized spacial score (nSPS) is 10.4. The summed E-state index contributed by atoms with van der Waals surface area (Å²) < 4.78 is 5.22. The molecular weight excluding hydrogens is 332 g/mol.